The molecule has 0 radical (unpaired) electrons. The Bertz CT molecular complexity index is 165. The van der Waals surface area contributed by atoms with Gasteiger partial charge in [-0.05, 0) is 16.7 Å². The van der Waals surface area contributed by atoms with Gasteiger partial charge < -0.3 is 0 Å². The van der Waals surface area contributed by atoms with Gasteiger partial charge in [0.15, 0.2) is 0 Å². The first kappa shape index (κ1) is 11.7. The molecule has 0 saturated carbocycles. The van der Waals surface area contributed by atoms with Crippen molar-refractivity contribution in [1.82, 2.24) is 0 Å². The van der Waals surface area contributed by atoms with E-state index in [0.717, 1.165) is 0 Å². The molecule has 0 aromatic carbocycles. The Kier molecular flexibility index (Phi) is 3.17. The van der Waals surface area contributed by atoms with Crippen molar-refractivity contribution in [3.8, 4) is 0 Å². The van der Waals surface area contributed by atoms with E-state index in [1.807, 2.05) is 0 Å². The molecule has 0 unspecified atom stereocenters. The van der Waals surface area contributed by atoms with Crippen LogP contribution in [0, 0.1) is 16.7 Å². The van der Waals surface area contributed by atoms with E-state index in [2.05, 4.69) is 55.0 Å². The van der Waals surface area contributed by atoms with Crippen molar-refractivity contribution >= 4 is 0 Å². The molecule has 72 valence electrons. The van der Waals surface area contributed by atoms with Crippen LogP contribution < -0.4 is 0 Å². The Morgan fingerprint density at radius 2 is 1.33 bits per heavy atom. The van der Waals surface area contributed by atoms with Gasteiger partial charge in [0.1, 0.15) is 0 Å². The molecule has 0 aliphatic carbocycles. The Labute approximate surface area is 78.1 Å². The highest BCUT2D eigenvalue weighted by molar-refractivity contribution is 5.15. The van der Waals surface area contributed by atoms with E-state index in [1.54, 1.807) is 0 Å². The van der Waals surface area contributed by atoms with Crippen molar-refractivity contribution < 1.29 is 0 Å². The Hall–Kier alpha value is -0.260. The smallest absolute Gasteiger partial charge is 0.0119 e. The van der Waals surface area contributed by atoms with Crippen molar-refractivity contribution in [2.24, 2.45) is 16.7 Å². The third-order valence-corrected chi connectivity index (χ3v) is 3.13. The highest BCUT2D eigenvalue weighted by Gasteiger charge is 2.32. The Morgan fingerprint density at radius 3 is 1.42 bits per heavy atom. The molecule has 0 aromatic rings. The van der Waals surface area contributed by atoms with E-state index >= 15 is 0 Å². The van der Waals surface area contributed by atoms with E-state index < -0.39 is 0 Å². The molecule has 0 aliphatic rings. The van der Waals surface area contributed by atoms with Crippen LogP contribution in [0.5, 0.6) is 0 Å². The predicted molar refractivity (Wildman–Crippen MR) is 57.2 cm³/mol. The summed E-state index contributed by atoms with van der Waals surface area (Å²) in [6.45, 7) is 20.0. The first-order valence-corrected chi connectivity index (χ1v) is 4.80. The van der Waals surface area contributed by atoms with Gasteiger partial charge in [-0.1, -0.05) is 60.6 Å². The second-order valence-electron chi connectivity index (χ2n) is 5.60. The molecule has 0 nitrogen and oxygen atoms in total. The second-order valence-corrected chi connectivity index (χ2v) is 5.60. The maximum absolute atomic E-state index is 4.22. The highest BCUT2D eigenvalue weighted by Crippen LogP contribution is 2.42. The first-order valence-electron chi connectivity index (χ1n) is 4.80. The van der Waals surface area contributed by atoms with Gasteiger partial charge in [0.05, 0.1) is 0 Å². The van der Waals surface area contributed by atoms with Crippen LogP contribution in [0.15, 0.2) is 12.2 Å². The standard InChI is InChI=1S/C12H24/c1-9(2)12(7,8)10(3)11(4,5)6/h9H,3H2,1-2,4-8H3. The highest BCUT2D eigenvalue weighted by atomic mass is 14.4. The number of rotatable bonds is 2. The van der Waals surface area contributed by atoms with E-state index in [4.69, 9.17) is 0 Å². The molecule has 0 amide bonds. The summed E-state index contributed by atoms with van der Waals surface area (Å²) in [5, 5.41) is 0. The van der Waals surface area contributed by atoms with Gasteiger partial charge in [-0.2, -0.15) is 0 Å². The summed E-state index contributed by atoms with van der Waals surface area (Å²) < 4.78 is 0. The van der Waals surface area contributed by atoms with Crippen molar-refractivity contribution in [2.45, 2.75) is 48.5 Å². The van der Waals surface area contributed by atoms with Crippen LogP contribution >= 0.6 is 0 Å². The minimum absolute atomic E-state index is 0.230. The zero-order valence-electron chi connectivity index (χ0n) is 9.78. The number of hydrogen-bond acceptors (Lipinski definition) is 0. The minimum Gasteiger partial charge on any atom is -0.0988 e. The fourth-order valence-corrected chi connectivity index (χ4v) is 1.31. The van der Waals surface area contributed by atoms with Crippen molar-refractivity contribution in [3.05, 3.63) is 12.2 Å². The lowest BCUT2D eigenvalue weighted by atomic mass is 9.66. The van der Waals surface area contributed by atoms with Crippen molar-refractivity contribution in [2.75, 3.05) is 0 Å². The molecule has 12 heavy (non-hydrogen) atoms. The van der Waals surface area contributed by atoms with Gasteiger partial charge in [0, 0.05) is 0 Å². The second kappa shape index (κ2) is 3.24. The van der Waals surface area contributed by atoms with E-state index in [-0.39, 0.29) is 10.8 Å². The lowest BCUT2D eigenvalue weighted by molar-refractivity contribution is 0.254. The predicted octanol–water partition coefficient (Wildman–Crippen LogP) is 4.27. The third-order valence-electron chi connectivity index (χ3n) is 3.13. The topological polar surface area (TPSA) is 0 Å². The largest absolute Gasteiger partial charge is 0.0988 e. The molecular weight excluding hydrogens is 144 g/mol. The molecule has 0 saturated heterocycles. The maximum atomic E-state index is 4.22. The van der Waals surface area contributed by atoms with Gasteiger partial charge in [0.2, 0.25) is 0 Å². The van der Waals surface area contributed by atoms with Gasteiger partial charge in [-0.3, -0.25) is 0 Å². The lowest BCUT2D eigenvalue weighted by Crippen LogP contribution is -2.28. The molecule has 0 atom stereocenters. The molecule has 0 heteroatoms. The fourth-order valence-electron chi connectivity index (χ4n) is 1.31. The van der Waals surface area contributed by atoms with Gasteiger partial charge in [-0.15, -0.1) is 0 Å². The average Bonchev–Trinajstić information content (AvgIpc) is 1.83. The average molecular weight is 168 g/mol. The molecule has 0 fully saturated rings. The molecule has 0 bridgehead atoms. The van der Waals surface area contributed by atoms with Crippen LogP contribution in [-0.4, -0.2) is 0 Å². The summed E-state index contributed by atoms with van der Waals surface area (Å²) in [6.07, 6.45) is 0. The molecule has 0 heterocycles. The maximum Gasteiger partial charge on any atom is -0.0119 e. The summed E-state index contributed by atoms with van der Waals surface area (Å²) >= 11 is 0. The Balaban J connectivity index is 4.70. The monoisotopic (exact) mass is 168 g/mol. The summed E-state index contributed by atoms with van der Waals surface area (Å²) in [5.41, 5.74) is 1.83. The molecule has 0 aliphatic heterocycles. The molecule has 0 spiro atoms. The summed E-state index contributed by atoms with van der Waals surface area (Å²) in [6, 6.07) is 0. The van der Waals surface area contributed by atoms with Gasteiger partial charge in [0.25, 0.3) is 0 Å². The van der Waals surface area contributed by atoms with Crippen molar-refractivity contribution in [3.63, 3.8) is 0 Å². The summed E-state index contributed by atoms with van der Waals surface area (Å²) in [7, 11) is 0. The van der Waals surface area contributed by atoms with Gasteiger partial charge in [-0.25, -0.2) is 0 Å². The molecular formula is C12H24. The molecule has 0 N–H and O–H groups in total. The van der Waals surface area contributed by atoms with Crippen molar-refractivity contribution in [1.29, 1.82) is 0 Å². The van der Waals surface area contributed by atoms with Crippen LogP contribution in [0.25, 0.3) is 0 Å². The van der Waals surface area contributed by atoms with E-state index in [1.165, 1.54) is 5.57 Å². The van der Waals surface area contributed by atoms with Crippen LogP contribution in [-0.2, 0) is 0 Å². The van der Waals surface area contributed by atoms with Crippen LogP contribution in [0.3, 0.4) is 0 Å². The van der Waals surface area contributed by atoms with E-state index in [9.17, 15) is 0 Å². The normalized spacial score (nSPS) is 13.7. The zero-order valence-corrected chi connectivity index (χ0v) is 9.78. The summed E-state index contributed by atoms with van der Waals surface area (Å²) in [4.78, 5) is 0. The lowest BCUT2D eigenvalue weighted by Gasteiger charge is -2.39. The number of allylic oxidation sites excluding steroid dienone is 1. The number of hydrogen-bond donors (Lipinski definition) is 0. The van der Waals surface area contributed by atoms with Gasteiger partial charge >= 0.3 is 0 Å². The fraction of sp³-hybridized carbons (Fsp3) is 0.833. The molecule has 0 rings (SSSR count). The van der Waals surface area contributed by atoms with E-state index in [0.29, 0.717) is 5.92 Å². The van der Waals surface area contributed by atoms with Crippen LogP contribution in [0.4, 0.5) is 0 Å². The van der Waals surface area contributed by atoms with Crippen LogP contribution in [0.2, 0.25) is 0 Å². The minimum atomic E-state index is 0.230. The first-order chi connectivity index (χ1) is 5.10. The van der Waals surface area contributed by atoms with Crippen LogP contribution in [0.1, 0.15) is 48.5 Å². The SMILES string of the molecule is C=C(C(C)(C)C)C(C)(C)C(C)C. The zero-order chi connectivity index (χ0) is 10.2. The molecule has 0 aromatic heterocycles. The Morgan fingerprint density at radius 1 is 1.00 bits per heavy atom. The quantitative estimate of drug-likeness (QED) is 0.540. The third kappa shape index (κ3) is 2.36. The summed E-state index contributed by atoms with van der Waals surface area (Å²) in [5.74, 6) is 0.657.